The second-order valence-corrected chi connectivity index (χ2v) is 3.58. The number of hydrogen-bond acceptors (Lipinski definition) is 2. The van der Waals surface area contributed by atoms with Crippen LogP contribution in [0.2, 0.25) is 0 Å². The van der Waals surface area contributed by atoms with Crippen molar-refractivity contribution in [3.63, 3.8) is 0 Å². The number of aromatic nitrogens is 1. The summed E-state index contributed by atoms with van der Waals surface area (Å²) in [7, 11) is 0. The second kappa shape index (κ2) is 3.66. The van der Waals surface area contributed by atoms with Gasteiger partial charge in [-0.1, -0.05) is 0 Å². The lowest BCUT2D eigenvalue weighted by Gasteiger charge is -2.07. The fourth-order valence-corrected chi connectivity index (χ4v) is 1.53. The Morgan fingerprint density at radius 2 is 2.00 bits per heavy atom. The Kier molecular flexibility index (Phi) is 3.00. The summed E-state index contributed by atoms with van der Waals surface area (Å²) >= 11 is 5.96. The van der Waals surface area contributed by atoms with Crippen LogP contribution in [0.4, 0.5) is 14.5 Å². The van der Waals surface area contributed by atoms with E-state index in [-0.39, 0.29) is 15.7 Å². The minimum absolute atomic E-state index is 0.0138. The summed E-state index contributed by atoms with van der Waals surface area (Å²) < 4.78 is 25.2. The highest BCUT2D eigenvalue weighted by atomic mass is 79.9. The molecule has 6 heteroatoms. The van der Waals surface area contributed by atoms with Gasteiger partial charge in [0.05, 0.1) is 21.9 Å². The molecule has 0 saturated carbocycles. The molecular formula is C6H4Br2F2N2. The average Bonchev–Trinajstić information content (AvgIpc) is 1.97. The quantitative estimate of drug-likeness (QED) is 0.810. The first-order chi connectivity index (χ1) is 5.54. The number of alkyl halides is 2. The fraction of sp³-hybridized carbons (Fsp3) is 0.167. The number of nitrogens with zero attached hydrogens (tertiary/aromatic N) is 1. The molecule has 1 aromatic rings. The lowest BCUT2D eigenvalue weighted by molar-refractivity contribution is 0.151. The van der Waals surface area contributed by atoms with Crippen LogP contribution in [0.1, 0.15) is 12.0 Å². The molecule has 1 rings (SSSR count). The molecule has 0 aliphatic carbocycles. The SMILES string of the molecule is Nc1cnc(Br)c(Br)c1C(F)F. The second-order valence-electron chi connectivity index (χ2n) is 2.03. The largest absolute Gasteiger partial charge is 0.397 e. The third-order valence-corrected chi connectivity index (χ3v) is 3.20. The normalized spacial score (nSPS) is 10.8. The number of rotatable bonds is 1. The van der Waals surface area contributed by atoms with Gasteiger partial charge < -0.3 is 5.73 Å². The van der Waals surface area contributed by atoms with Crippen LogP contribution in [0.5, 0.6) is 0 Å². The summed E-state index contributed by atoms with van der Waals surface area (Å²) in [5.74, 6) is 0. The standard InChI is InChI=1S/C6H4Br2F2N2/c7-4-3(6(9)10)2(11)1-12-5(4)8/h1,6H,11H2. The van der Waals surface area contributed by atoms with E-state index in [9.17, 15) is 8.78 Å². The van der Waals surface area contributed by atoms with Gasteiger partial charge in [0, 0.05) is 0 Å². The third-order valence-electron chi connectivity index (χ3n) is 1.26. The van der Waals surface area contributed by atoms with Crippen LogP contribution in [0.15, 0.2) is 15.3 Å². The topological polar surface area (TPSA) is 38.9 Å². The predicted molar refractivity (Wildman–Crippen MR) is 49.0 cm³/mol. The van der Waals surface area contributed by atoms with Gasteiger partial charge in [-0.3, -0.25) is 0 Å². The van der Waals surface area contributed by atoms with E-state index in [1.165, 1.54) is 6.20 Å². The van der Waals surface area contributed by atoms with Crippen molar-refractivity contribution in [2.24, 2.45) is 0 Å². The molecule has 0 unspecified atom stereocenters. The van der Waals surface area contributed by atoms with Crippen LogP contribution < -0.4 is 5.73 Å². The summed E-state index contributed by atoms with van der Waals surface area (Å²) in [6.45, 7) is 0. The van der Waals surface area contributed by atoms with Crippen LogP contribution in [0.25, 0.3) is 0 Å². The zero-order valence-corrected chi connectivity index (χ0v) is 8.86. The number of nitrogens with two attached hydrogens (primary N) is 1. The van der Waals surface area contributed by atoms with Crippen LogP contribution in [-0.4, -0.2) is 4.98 Å². The van der Waals surface area contributed by atoms with E-state index in [1.54, 1.807) is 0 Å². The molecule has 0 saturated heterocycles. The van der Waals surface area contributed by atoms with Gasteiger partial charge in [-0.2, -0.15) is 0 Å². The maximum absolute atomic E-state index is 12.3. The first kappa shape index (κ1) is 9.85. The summed E-state index contributed by atoms with van der Waals surface area (Å²) in [5.41, 5.74) is 5.06. The van der Waals surface area contributed by atoms with Gasteiger partial charge >= 0.3 is 0 Å². The van der Waals surface area contributed by atoms with Crippen LogP contribution >= 0.6 is 31.9 Å². The molecule has 0 amide bonds. The highest BCUT2D eigenvalue weighted by Crippen LogP contribution is 2.35. The summed E-state index contributed by atoms with van der Waals surface area (Å²) in [5, 5.41) is 0. The first-order valence-electron chi connectivity index (χ1n) is 2.91. The number of pyridine rings is 1. The Labute approximate surface area is 84.4 Å². The Morgan fingerprint density at radius 1 is 1.42 bits per heavy atom. The molecule has 1 heterocycles. The Bertz CT molecular complexity index is 304. The Morgan fingerprint density at radius 3 is 2.42 bits per heavy atom. The summed E-state index contributed by atoms with van der Waals surface area (Å²) in [6, 6.07) is 0. The van der Waals surface area contributed by atoms with E-state index in [0.29, 0.717) is 4.60 Å². The van der Waals surface area contributed by atoms with E-state index >= 15 is 0 Å². The van der Waals surface area contributed by atoms with Gasteiger partial charge in [-0.05, 0) is 31.9 Å². The molecule has 66 valence electrons. The van der Waals surface area contributed by atoms with Crippen LogP contribution in [-0.2, 0) is 0 Å². The lowest BCUT2D eigenvalue weighted by atomic mass is 10.2. The Hall–Kier alpha value is -0.230. The first-order valence-corrected chi connectivity index (χ1v) is 4.50. The maximum atomic E-state index is 12.3. The zero-order valence-electron chi connectivity index (χ0n) is 5.69. The highest BCUT2D eigenvalue weighted by molar-refractivity contribution is 9.13. The number of anilines is 1. The zero-order chi connectivity index (χ0) is 9.30. The summed E-state index contributed by atoms with van der Waals surface area (Å²) in [4.78, 5) is 3.73. The van der Waals surface area contributed by atoms with E-state index in [4.69, 9.17) is 5.73 Å². The maximum Gasteiger partial charge on any atom is 0.267 e. The number of hydrogen-bond donors (Lipinski definition) is 1. The van der Waals surface area contributed by atoms with Crippen molar-refractivity contribution in [3.8, 4) is 0 Å². The van der Waals surface area contributed by atoms with Crippen LogP contribution in [0, 0.1) is 0 Å². The van der Waals surface area contributed by atoms with Crippen molar-refractivity contribution < 1.29 is 8.78 Å². The van der Waals surface area contributed by atoms with Crippen molar-refractivity contribution >= 4 is 37.5 Å². The van der Waals surface area contributed by atoms with Crippen molar-refractivity contribution in [1.29, 1.82) is 0 Å². The van der Waals surface area contributed by atoms with Gasteiger partial charge in [-0.15, -0.1) is 0 Å². The Balaban J connectivity index is 3.33. The predicted octanol–water partition coefficient (Wildman–Crippen LogP) is 3.13. The van der Waals surface area contributed by atoms with E-state index in [2.05, 4.69) is 36.8 Å². The average molecular weight is 302 g/mol. The van der Waals surface area contributed by atoms with Crippen molar-refractivity contribution in [3.05, 3.63) is 20.8 Å². The molecule has 0 aliphatic heterocycles. The van der Waals surface area contributed by atoms with E-state index in [1.807, 2.05) is 0 Å². The molecule has 0 aliphatic rings. The summed E-state index contributed by atoms with van der Waals surface area (Å²) in [6.07, 6.45) is -1.41. The minimum Gasteiger partial charge on any atom is -0.397 e. The van der Waals surface area contributed by atoms with E-state index in [0.717, 1.165) is 0 Å². The molecular weight excluding hydrogens is 298 g/mol. The van der Waals surface area contributed by atoms with Crippen molar-refractivity contribution in [2.45, 2.75) is 6.43 Å². The van der Waals surface area contributed by atoms with Gasteiger partial charge in [0.15, 0.2) is 0 Å². The van der Waals surface area contributed by atoms with Gasteiger partial charge in [0.2, 0.25) is 0 Å². The molecule has 0 radical (unpaired) electrons. The lowest BCUT2D eigenvalue weighted by Crippen LogP contribution is -1.98. The molecule has 0 aromatic carbocycles. The molecule has 0 atom stereocenters. The van der Waals surface area contributed by atoms with Crippen LogP contribution in [0.3, 0.4) is 0 Å². The molecule has 2 nitrogen and oxygen atoms in total. The molecule has 12 heavy (non-hydrogen) atoms. The molecule has 1 aromatic heterocycles. The van der Waals surface area contributed by atoms with Crippen molar-refractivity contribution in [2.75, 3.05) is 5.73 Å². The molecule has 0 spiro atoms. The third kappa shape index (κ3) is 1.74. The molecule has 2 N–H and O–H groups in total. The monoisotopic (exact) mass is 300 g/mol. The molecule has 0 fully saturated rings. The highest BCUT2D eigenvalue weighted by Gasteiger charge is 2.17. The van der Waals surface area contributed by atoms with Crippen molar-refractivity contribution in [1.82, 2.24) is 4.98 Å². The fourth-order valence-electron chi connectivity index (χ4n) is 0.712. The van der Waals surface area contributed by atoms with E-state index < -0.39 is 6.43 Å². The minimum atomic E-state index is -2.60. The van der Waals surface area contributed by atoms with Gasteiger partial charge in [0.25, 0.3) is 6.43 Å². The van der Waals surface area contributed by atoms with Gasteiger partial charge in [-0.25, -0.2) is 13.8 Å². The smallest absolute Gasteiger partial charge is 0.267 e. The number of nitrogen functional groups attached to an aromatic ring is 1. The van der Waals surface area contributed by atoms with Gasteiger partial charge in [0.1, 0.15) is 4.60 Å². The number of halogens is 4. The molecule has 0 bridgehead atoms.